The molecule has 2 fully saturated rings. The molecule has 144 valence electrons. The van der Waals surface area contributed by atoms with E-state index in [2.05, 4.69) is 25.5 Å². The molecule has 4 heterocycles. The van der Waals surface area contributed by atoms with Gasteiger partial charge in [-0.15, -0.1) is 0 Å². The smallest absolute Gasteiger partial charge is 0.165 e. The van der Waals surface area contributed by atoms with E-state index in [9.17, 15) is 4.39 Å². The van der Waals surface area contributed by atoms with Gasteiger partial charge in [-0.3, -0.25) is 0 Å². The first-order chi connectivity index (χ1) is 13.6. The van der Waals surface area contributed by atoms with E-state index >= 15 is 0 Å². The molecule has 2 aromatic heterocycles. The largest absolute Gasteiger partial charge is 0.355 e. The number of piperidine rings is 1. The van der Waals surface area contributed by atoms with Crippen molar-refractivity contribution in [1.29, 1.82) is 0 Å². The first kappa shape index (κ1) is 17.6. The fourth-order valence-corrected chi connectivity index (χ4v) is 4.33. The molecule has 0 bridgehead atoms. The van der Waals surface area contributed by atoms with Crippen LogP contribution in [0.3, 0.4) is 0 Å². The third-order valence-electron chi connectivity index (χ3n) is 5.61. The summed E-state index contributed by atoms with van der Waals surface area (Å²) in [6, 6.07) is 8.74. The summed E-state index contributed by atoms with van der Waals surface area (Å²) in [5.41, 5.74) is 1.95. The monoisotopic (exact) mass is 398 g/mol. The average Bonchev–Trinajstić information content (AvgIpc) is 2.70. The van der Waals surface area contributed by atoms with Crippen LogP contribution in [0.2, 0.25) is 5.02 Å². The third kappa shape index (κ3) is 3.04. The number of aromatic nitrogens is 3. The van der Waals surface area contributed by atoms with Crippen molar-refractivity contribution in [3.05, 3.63) is 47.5 Å². The molecule has 28 heavy (non-hydrogen) atoms. The Hall–Kier alpha value is -2.51. The van der Waals surface area contributed by atoms with Gasteiger partial charge in [0.1, 0.15) is 17.7 Å². The van der Waals surface area contributed by atoms with Crippen LogP contribution in [0.25, 0.3) is 11.0 Å². The van der Waals surface area contributed by atoms with Gasteiger partial charge in [0.15, 0.2) is 11.6 Å². The van der Waals surface area contributed by atoms with E-state index in [1.165, 1.54) is 25.2 Å². The molecule has 2 aliphatic rings. The minimum absolute atomic E-state index is 0.0592. The van der Waals surface area contributed by atoms with E-state index in [-0.39, 0.29) is 10.7 Å². The summed E-state index contributed by atoms with van der Waals surface area (Å²) in [7, 11) is 0. The number of hydrogen-bond acceptors (Lipinski definition) is 6. The van der Waals surface area contributed by atoms with Gasteiger partial charge in [-0.1, -0.05) is 17.7 Å². The lowest BCUT2D eigenvalue weighted by Gasteiger charge is -2.53. The number of hydrogen-bond donors (Lipinski definition) is 2. The van der Waals surface area contributed by atoms with Gasteiger partial charge in [0, 0.05) is 25.0 Å². The Morgan fingerprint density at radius 2 is 2.07 bits per heavy atom. The zero-order chi connectivity index (χ0) is 19.1. The minimum atomic E-state index is -0.512. The molecular weight excluding hydrogens is 379 g/mol. The second kappa shape index (κ2) is 6.83. The standard InChI is InChI=1S/C20H20ClFN6/c21-13-3-1-4-14(17(13)22)26-19-18-15(24-12-25-19)5-6-16(27-18)28-10-20(11-28)7-2-8-23-9-20/h1,3-6,12,23H,2,7-11H2,(H,24,25,26). The van der Waals surface area contributed by atoms with Crippen molar-refractivity contribution in [2.45, 2.75) is 12.8 Å². The molecule has 6 nitrogen and oxygen atoms in total. The highest BCUT2D eigenvalue weighted by atomic mass is 35.5. The number of nitrogens with one attached hydrogen (secondary N) is 2. The zero-order valence-corrected chi connectivity index (χ0v) is 16.0. The van der Waals surface area contributed by atoms with Crippen LogP contribution in [0.4, 0.5) is 21.7 Å². The van der Waals surface area contributed by atoms with Crippen LogP contribution in [0, 0.1) is 11.2 Å². The lowest BCUT2D eigenvalue weighted by molar-refractivity contribution is 0.156. The summed E-state index contributed by atoms with van der Waals surface area (Å²) in [6.45, 7) is 4.18. The summed E-state index contributed by atoms with van der Waals surface area (Å²) < 4.78 is 14.3. The van der Waals surface area contributed by atoms with Crippen LogP contribution < -0.4 is 15.5 Å². The molecule has 2 N–H and O–H groups in total. The van der Waals surface area contributed by atoms with E-state index in [0.717, 1.165) is 32.0 Å². The van der Waals surface area contributed by atoms with Gasteiger partial charge in [-0.2, -0.15) is 0 Å². The van der Waals surface area contributed by atoms with Crippen molar-refractivity contribution in [3.8, 4) is 0 Å². The first-order valence-electron chi connectivity index (χ1n) is 9.42. The van der Waals surface area contributed by atoms with Crippen molar-refractivity contribution in [3.63, 3.8) is 0 Å². The molecule has 0 unspecified atom stereocenters. The van der Waals surface area contributed by atoms with Gasteiger partial charge in [0.05, 0.1) is 16.2 Å². The van der Waals surface area contributed by atoms with Crippen LogP contribution in [0.5, 0.6) is 0 Å². The van der Waals surface area contributed by atoms with Crippen molar-refractivity contribution < 1.29 is 4.39 Å². The molecule has 0 amide bonds. The topological polar surface area (TPSA) is 66.0 Å². The second-order valence-electron chi connectivity index (χ2n) is 7.62. The number of pyridine rings is 1. The lowest BCUT2D eigenvalue weighted by Crippen LogP contribution is -2.62. The predicted molar refractivity (Wildman–Crippen MR) is 109 cm³/mol. The molecule has 1 spiro atoms. The van der Waals surface area contributed by atoms with E-state index in [1.807, 2.05) is 12.1 Å². The number of fused-ring (bicyclic) bond motifs is 1. The highest BCUT2D eigenvalue weighted by Crippen LogP contribution is 2.39. The van der Waals surface area contributed by atoms with Crippen LogP contribution in [0.1, 0.15) is 12.8 Å². The van der Waals surface area contributed by atoms with Gasteiger partial charge >= 0.3 is 0 Å². The zero-order valence-electron chi connectivity index (χ0n) is 15.3. The van der Waals surface area contributed by atoms with Gasteiger partial charge in [0.25, 0.3) is 0 Å². The fraction of sp³-hybridized carbons (Fsp3) is 0.350. The quantitative estimate of drug-likeness (QED) is 0.700. The summed E-state index contributed by atoms with van der Waals surface area (Å²) in [6.07, 6.45) is 3.93. The molecule has 3 aromatic rings. The molecule has 8 heteroatoms. The molecule has 5 rings (SSSR count). The van der Waals surface area contributed by atoms with Crippen LogP contribution in [0.15, 0.2) is 36.7 Å². The fourth-order valence-electron chi connectivity index (χ4n) is 4.15. The summed E-state index contributed by atoms with van der Waals surface area (Å²) >= 11 is 5.89. The first-order valence-corrected chi connectivity index (χ1v) is 9.80. The lowest BCUT2D eigenvalue weighted by atomic mass is 9.74. The molecule has 1 aromatic carbocycles. The summed E-state index contributed by atoms with van der Waals surface area (Å²) in [5.74, 6) is 0.845. The van der Waals surface area contributed by atoms with Crippen molar-refractivity contribution in [2.24, 2.45) is 5.41 Å². The number of nitrogens with zero attached hydrogens (tertiary/aromatic N) is 4. The summed E-state index contributed by atoms with van der Waals surface area (Å²) in [4.78, 5) is 15.6. The Balaban J connectivity index is 1.44. The Bertz CT molecular complexity index is 1030. The number of halogens is 2. The highest BCUT2D eigenvalue weighted by Gasteiger charge is 2.44. The van der Waals surface area contributed by atoms with Gasteiger partial charge in [-0.25, -0.2) is 19.3 Å². The molecule has 0 saturated carbocycles. The molecule has 0 radical (unpaired) electrons. The molecular formula is C20H20ClFN6. The minimum Gasteiger partial charge on any atom is -0.355 e. The molecule has 0 atom stereocenters. The van der Waals surface area contributed by atoms with Crippen molar-refractivity contribution >= 4 is 40.0 Å². The van der Waals surface area contributed by atoms with Gasteiger partial charge in [-0.05, 0) is 43.7 Å². The Morgan fingerprint density at radius 3 is 2.89 bits per heavy atom. The molecule has 0 aliphatic carbocycles. The highest BCUT2D eigenvalue weighted by molar-refractivity contribution is 6.31. The third-order valence-corrected chi connectivity index (χ3v) is 5.90. The van der Waals surface area contributed by atoms with Crippen LogP contribution in [-0.2, 0) is 0 Å². The Kier molecular flexibility index (Phi) is 4.29. The summed E-state index contributed by atoms with van der Waals surface area (Å²) in [5, 5.41) is 6.57. The maximum absolute atomic E-state index is 14.3. The normalized spacial score (nSPS) is 18.3. The van der Waals surface area contributed by atoms with Crippen molar-refractivity contribution in [2.75, 3.05) is 36.4 Å². The van der Waals surface area contributed by atoms with Gasteiger partial charge < -0.3 is 15.5 Å². The number of anilines is 3. The number of rotatable bonds is 3. The van der Waals surface area contributed by atoms with Crippen molar-refractivity contribution in [1.82, 2.24) is 20.3 Å². The van der Waals surface area contributed by atoms with Crippen LogP contribution in [-0.4, -0.2) is 41.1 Å². The van der Waals surface area contributed by atoms with E-state index in [0.29, 0.717) is 22.3 Å². The average molecular weight is 399 g/mol. The predicted octanol–water partition coefficient (Wildman–Crippen LogP) is 3.75. The maximum Gasteiger partial charge on any atom is 0.165 e. The van der Waals surface area contributed by atoms with E-state index < -0.39 is 5.82 Å². The Labute approximate surface area is 167 Å². The molecule has 2 aliphatic heterocycles. The maximum atomic E-state index is 14.3. The number of benzene rings is 1. The second-order valence-corrected chi connectivity index (χ2v) is 8.03. The Morgan fingerprint density at radius 1 is 1.18 bits per heavy atom. The SMILES string of the molecule is Fc1c(Cl)cccc1Nc1ncnc2ccc(N3CC4(CCCNC4)C3)nc12. The van der Waals surface area contributed by atoms with E-state index in [1.54, 1.807) is 12.1 Å². The van der Waals surface area contributed by atoms with Crippen LogP contribution >= 0.6 is 11.6 Å². The van der Waals surface area contributed by atoms with Gasteiger partial charge in [0.2, 0.25) is 0 Å². The van der Waals surface area contributed by atoms with E-state index in [4.69, 9.17) is 16.6 Å². The molecule has 2 saturated heterocycles.